The molecule has 3 N–H and O–H groups in total. The summed E-state index contributed by atoms with van der Waals surface area (Å²) >= 11 is 0. The molecule has 31 heavy (non-hydrogen) atoms. The number of nitrogens with two attached hydrogens (primary N) is 1. The van der Waals surface area contributed by atoms with E-state index in [-0.39, 0.29) is 11.9 Å². The van der Waals surface area contributed by atoms with Gasteiger partial charge in [0.25, 0.3) is 0 Å². The SMILES string of the molecule is C=Nc1c(/C(N)=N\C)c(-c2ccc(Oc3ccccc3)cc2F)nn1[C@@H]1CCCNC1. The molecule has 0 unspecified atom stereocenters. The molecule has 1 aliphatic rings. The highest BCUT2D eigenvalue weighted by Crippen LogP contribution is 2.36. The summed E-state index contributed by atoms with van der Waals surface area (Å²) < 4.78 is 22.7. The van der Waals surface area contributed by atoms with Gasteiger partial charge in [-0.2, -0.15) is 5.10 Å². The van der Waals surface area contributed by atoms with Gasteiger partial charge in [0.1, 0.15) is 28.8 Å². The zero-order valence-electron chi connectivity index (χ0n) is 17.4. The molecule has 1 atom stereocenters. The predicted octanol–water partition coefficient (Wildman–Crippen LogP) is 4.07. The van der Waals surface area contributed by atoms with Gasteiger partial charge in [0.2, 0.25) is 0 Å². The number of nitrogens with zero attached hydrogens (tertiary/aromatic N) is 4. The van der Waals surface area contributed by atoms with Gasteiger partial charge < -0.3 is 15.8 Å². The van der Waals surface area contributed by atoms with Crippen molar-refractivity contribution in [3.05, 3.63) is 59.9 Å². The van der Waals surface area contributed by atoms with Crippen LogP contribution in [0.2, 0.25) is 0 Å². The molecule has 0 aliphatic carbocycles. The molecular formula is C23H25FN6O. The Morgan fingerprint density at radius 1 is 1.26 bits per heavy atom. The lowest BCUT2D eigenvalue weighted by Gasteiger charge is -2.24. The second-order valence-electron chi connectivity index (χ2n) is 7.32. The van der Waals surface area contributed by atoms with Gasteiger partial charge in [0, 0.05) is 25.2 Å². The van der Waals surface area contributed by atoms with Gasteiger partial charge in [0.05, 0.1) is 11.6 Å². The number of nitrogens with one attached hydrogen (secondary N) is 1. The number of aliphatic imine (C=N–C) groups is 2. The molecule has 1 aliphatic heterocycles. The maximum absolute atomic E-state index is 15.2. The van der Waals surface area contributed by atoms with E-state index < -0.39 is 5.82 Å². The van der Waals surface area contributed by atoms with Crippen molar-refractivity contribution in [3.63, 3.8) is 0 Å². The Morgan fingerprint density at radius 3 is 2.71 bits per heavy atom. The molecule has 4 rings (SSSR count). The maximum Gasteiger partial charge on any atom is 0.161 e. The van der Waals surface area contributed by atoms with Crippen LogP contribution in [-0.2, 0) is 0 Å². The summed E-state index contributed by atoms with van der Waals surface area (Å²) in [7, 11) is 1.58. The van der Waals surface area contributed by atoms with Crippen LogP contribution in [0, 0.1) is 5.82 Å². The number of benzene rings is 2. The van der Waals surface area contributed by atoms with E-state index in [0.29, 0.717) is 34.1 Å². The number of rotatable bonds is 6. The van der Waals surface area contributed by atoms with Gasteiger partial charge in [0.15, 0.2) is 5.82 Å². The molecule has 1 fully saturated rings. The Morgan fingerprint density at radius 2 is 2.06 bits per heavy atom. The summed E-state index contributed by atoms with van der Waals surface area (Å²) in [6.07, 6.45) is 1.95. The van der Waals surface area contributed by atoms with E-state index in [2.05, 4.69) is 22.0 Å². The normalized spacial score (nSPS) is 16.8. The van der Waals surface area contributed by atoms with Crippen molar-refractivity contribution in [1.82, 2.24) is 15.1 Å². The van der Waals surface area contributed by atoms with Crippen molar-refractivity contribution in [2.24, 2.45) is 15.7 Å². The van der Waals surface area contributed by atoms with Crippen molar-refractivity contribution >= 4 is 18.4 Å². The van der Waals surface area contributed by atoms with E-state index in [9.17, 15) is 0 Å². The van der Waals surface area contributed by atoms with E-state index in [1.54, 1.807) is 23.9 Å². The number of ether oxygens (including phenoxy) is 1. The second-order valence-corrected chi connectivity index (χ2v) is 7.32. The van der Waals surface area contributed by atoms with E-state index in [0.717, 1.165) is 25.9 Å². The minimum atomic E-state index is -0.472. The van der Waals surface area contributed by atoms with Crippen LogP contribution in [0.3, 0.4) is 0 Å². The Labute approximate surface area is 180 Å². The van der Waals surface area contributed by atoms with Crippen molar-refractivity contribution < 1.29 is 9.13 Å². The number of aromatic nitrogens is 2. The lowest BCUT2D eigenvalue weighted by atomic mass is 10.1. The quantitative estimate of drug-likeness (QED) is 0.465. The molecule has 0 spiro atoms. The number of para-hydroxylation sites is 1. The van der Waals surface area contributed by atoms with Gasteiger partial charge in [-0.3, -0.25) is 4.99 Å². The summed E-state index contributed by atoms with van der Waals surface area (Å²) in [5.74, 6) is 1.28. The fraction of sp³-hybridized carbons (Fsp3) is 0.261. The van der Waals surface area contributed by atoms with Crippen LogP contribution < -0.4 is 15.8 Å². The van der Waals surface area contributed by atoms with Gasteiger partial charge in [-0.25, -0.2) is 14.1 Å². The van der Waals surface area contributed by atoms with Gasteiger partial charge in [-0.1, -0.05) is 18.2 Å². The maximum atomic E-state index is 15.2. The Bertz CT molecular complexity index is 1100. The standard InChI is InChI=1S/C23H25FN6O/c1-26-22(25)20-21(29-30(23(20)27-2)15-7-6-12-28-14-15)18-11-10-17(13-19(18)24)31-16-8-4-3-5-9-16/h3-5,8-11,13,15,28H,2,6-7,12,14H2,1H3,(H2,25,26)/t15-/m1/s1. The number of hydrogen-bond donors (Lipinski definition) is 2. The van der Waals surface area contributed by atoms with E-state index in [1.807, 2.05) is 30.3 Å². The monoisotopic (exact) mass is 420 g/mol. The molecule has 1 saturated heterocycles. The van der Waals surface area contributed by atoms with Crippen LogP contribution in [0.5, 0.6) is 11.5 Å². The average Bonchev–Trinajstić information content (AvgIpc) is 3.19. The zero-order chi connectivity index (χ0) is 21.8. The van der Waals surface area contributed by atoms with Crippen LogP contribution in [0.15, 0.2) is 58.5 Å². The first kappa shape index (κ1) is 20.7. The topological polar surface area (TPSA) is 89.8 Å². The third-order valence-electron chi connectivity index (χ3n) is 5.32. The van der Waals surface area contributed by atoms with E-state index in [4.69, 9.17) is 15.6 Å². The summed E-state index contributed by atoms with van der Waals surface area (Å²) in [5.41, 5.74) is 7.35. The van der Waals surface area contributed by atoms with Crippen molar-refractivity contribution in [1.29, 1.82) is 0 Å². The van der Waals surface area contributed by atoms with Gasteiger partial charge in [-0.15, -0.1) is 0 Å². The molecular weight excluding hydrogens is 395 g/mol. The molecule has 0 radical (unpaired) electrons. The highest BCUT2D eigenvalue weighted by Gasteiger charge is 2.27. The summed E-state index contributed by atoms with van der Waals surface area (Å²) in [4.78, 5) is 8.28. The Hall–Kier alpha value is -3.52. The van der Waals surface area contributed by atoms with E-state index in [1.165, 1.54) is 6.07 Å². The molecule has 0 bridgehead atoms. The zero-order valence-corrected chi connectivity index (χ0v) is 17.4. The Kier molecular flexibility index (Phi) is 6.08. The van der Waals surface area contributed by atoms with Crippen molar-refractivity contribution in [3.8, 4) is 22.8 Å². The van der Waals surface area contributed by atoms with Crippen LogP contribution in [-0.4, -0.2) is 42.5 Å². The molecule has 2 aromatic carbocycles. The van der Waals surface area contributed by atoms with E-state index >= 15 is 4.39 Å². The lowest BCUT2D eigenvalue weighted by molar-refractivity contribution is 0.350. The third-order valence-corrected chi connectivity index (χ3v) is 5.32. The molecule has 3 aromatic rings. The average molecular weight is 420 g/mol. The molecule has 2 heterocycles. The van der Waals surface area contributed by atoms with Gasteiger partial charge >= 0.3 is 0 Å². The van der Waals surface area contributed by atoms with Crippen molar-refractivity contribution in [2.45, 2.75) is 18.9 Å². The number of hydrogen-bond acceptors (Lipinski definition) is 5. The minimum Gasteiger partial charge on any atom is -0.457 e. The largest absolute Gasteiger partial charge is 0.457 e. The fourth-order valence-corrected chi connectivity index (χ4v) is 3.79. The smallest absolute Gasteiger partial charge is 0.161 e. The van der Waals surface area contributed by atoms with Crippen LogP contribution >= 0.6 is 0 Å². The minimum absolute atomic E-state index is 0.0788. The van der Waals surface area contributed by atoms with Crippen molar-refractivity contribution in [2.75, 3.05) is 20.1 Å². The molecule has 7 nitrogen and oxygen atoms in total. The first-order chi connectivity index (χ1) is 15.1. The number of halogens is 1. The molecule has 0 amide bonds. The van der Waals surface area contributed by atoms with Crippen LogP contribution in [0.1, 0.15) is 24.4 Å². The fourth-order valence-electron chi connectivity index (χ4n) is 3.79. The predicted molar refractivity (Wildman–Crippen MR) is 121 cm³/mol. The van der Waals surface area contributed by atoms with Crippen LogP contribution in [0.4, 0.5) is 10.2 Å². The summed E-state index contributed by atoms with van der Waals surface area (Å²) in [6.45, 7) is 5.41. The highest BCUT2D eigenvalue weighted by molar-refractivity contribution is 6.06. The molecule has 0 saturated carbocycles. The van der Waals surface area contributed by atoms with Gasteiger partial charge in [-0.05, 0) is 50.4 Å². The molecule has 1 aromatic heterocycles. The summed E-state index contributed by atoms with van der Waals surface area (Å²) in [5, 5.41) is 8.08. The summed E-state index contributed by atoms with van der Waals surface area (Å²) in [6, 6.07) is 14.0. The second kappa shape index (κ2) is 9.09. The number of amidine groups is 1. The molecule has 160 valence electrons. The van der Waals surface area contributed by atoms with Crippen LogP contribution in [0.25, 0.3) is 11.3 Å². The molecule has 8 heteroatoms. The first-order valence-electron chi connectivity index (χ1n) is 10.2. The lowest BCUT2D eigenvalue weighted by Crippen LogP contribution is -2.32. The Balaban J connectivity index is 1.77. The number of piperidine rings is 1. The first-order valence-corrected chi connectivity index (χ1v) is 10.2. The third kappa shape index (κ3) is 4.20. The highest BCUT2D eigenvalue weighted by atomic mass is 19.1.